The lowest BCUT2D eigenvalue weighted by Crippen LogP contribution is -2.30. The molecule has 0 saturated heterocycles. The van der Waals surface area contributed by atoms with Gasteiger partial charge in [0.25, 0.3) is 0 Å². The molecule has 0 aliphatic heterocycles. The Hall–Kier alpha value is -3.12. The lowest BCUT2D eigenvalue weighted by molar-refractivity contribution is -0.660. The maximum Gasteiger partial charge on any atom is 0.229 e. The molecule has 3 nitrogen and oxygen atoms in total. The highest BCUT2D eigenvalue weighted by Gasteiger charge is 2.20. The highest BCUT2D eigenvalue weighted by atomic mass is 16.3. The molecule has 2 aromatic carbocycles. The van der Waals surface area contributed by atoms with E-state index < -0.39 is 0 Å². The molecule has 0 unspecified atom stereocenters. The lowest BCUT2D eigenvalue weighted by Gasteiger charge is -2.08. The van der Waals surface area contributed by atoms with Crippen LogP contribution in [-0.4, -0.2) is 0 Å². The monoisotopic (exact) mass is 313 g/mol. The van der Waals surface area contributed by atoms with Gasteiger partial charge in [0.05, 0.1) is 12.1 Å². The quantitative estimate of drug-likeness (QED) is 0.347. The summed E-state index contributed by atoms with van der Waals surface area (Å²) in [5.41, 5.74) is 6.77. The number of rotatable bonds is 1. The molecule has 2 aromatic heterocycles. The summed E-state index contributed by atoms with van der Waals surface area (Å²) in [7, 11) is 2.05. The Labute approximate surface area is 140 Å². The summed E-state index contributed by atoms with van der Waals surface area (Å²) in [6, 6.07) is 14.1. The number of benzene rings is 2. The van der Waals surface area contributed by atoms with Crippen LogP contribution in [0.15, 0.2) is 53.1 Å². The third-order valence-corrected chi connectivity index (χ3v) is 4.64. The molecule has 0 radical (unpaired) electrons. The first-order valence-electron chi connectivity index (χ1n) is 7.89. The fraction of sp³-hybridized carbons (Fsp3) is 0.143. The van der Waals surface area contributed by atoms with Gasteiger partial charge < -0.3 is 4.42 Å². The van der Waals surface area contributed by atoms with Crippen molar-refractivity contribution < 1.29 is 8.98 Å². The van der Waals surface area contributed by atoms with E-state index in [0.29, 0.717) is 11.3 Å². The van der Waals surface area contributed by atoms with Crippen LogP contribution in [0.3, 0.4) is 0 Å². The van der Waals surface area contributed by atoms with Crippen molar-refractivity contribution in [1.29, 1.82) is 0 Å². The molecule has 0 fully saturated rings. The van der Waals surface area contributed by atoms with Gasteiger partial charge in [-0.3, -0.25) is 0 Å². The lowest BCUT2D eigenvalue weighted by atomic mass is 9.96. The summed E-state index contributed by atoms with van der Waals surface area (Å²) in [4.78, 5) is 3.59. The highest BCUT2D eigenvalue weighted by molar-refractivity contribution is 6.11. The van der Waals surface area contributed by atoms with Gasteiger partial charge in [0.2, 0.25) is 11.4 Å². The second-order valence-corrected chi connectivity index (χ2v) is 6.13. The van der Waals surface area contributed by atoms with Crippen molar-refractivity contribution in [3.8, 4) is 11.3 Å². The van der Waals surface area contributed by atoms with Crippen LogP contribution in [0.4, 0.5) is 5.69 Å². The number of fused-ring (bicyclic) bond motifs is 3. The van der Waals surface area contributed by atoms with Crippen LogP contribution < -0.4 is 4.57 Å². The Morgan fingerprint density at radius 3 is 2.58 bits per heavy atom. The molecule has 0 aliphatic rings. The van der Waals surface area contributed by atoms with E-state index in [9.17, 15) is 0 Å². The summed E-state index contributed by atoms with van der Waals surface area (Å²) in [6.07, 6.45) is 2.05. The molecule has 0 spiro atoms. The molecule has 0 N–H and O–H groups in total. The Bertz CT molecular complexity index is 1150. The van der Waals surface area contributed by atoms with Crippen LogP contribution in [0.2, 0.25) is 0 Å². The molecule has 0 aliphatic carbocycles. The Morgan fingerprint density at radius 2 is 1.83 bits per heavy atom. The number of pyridine rings is 1. The molecule has 0 amide bonds. The average Bonchev–Trinajstić information content (AvgIpc) is 2.95. The van der Waals surface area contributed by atoms with E-state index in [0.717, 1.165) is 27.6 Å². The Morgan fingerprint density at radius 1 is 1.00 bits per heavy atom. The van der Waals surface area contributed by atoms with Gasteiger partial charge in [0, 0.05) is 28.5 Å². The van der Waals surface area contributed by atoms with Crippen LogP contribution in [0, 0.1) is 20.4 Å². The number of aromatic nitrogens is 1. The molecule has 4 rings (SSSR count). The van der Waals surface area contributed by atoms with E-state index in [1.807, 2.05) is 37.5 Å². The van der Waals surface area contributed by atoms with E-state index in [2.05, 4.69) is 35.4 Å². The van der Waals surface area contributed by atoms with Gasteiger partial charge >= 0.3 is 0 Å². The number of hydrogen-bond acceptors (Lipinski definition) is 1. The third kappa shape index (κ3) is 1.93. The Balaban J connectivity index is 2.15. The van der Waals surface area contributed by atoms with Crippen molar-refractivity contribution in [2.24, 2.45) is 7.05 Å². The third-order valence-electron chi connectivity index (χ3n) is 4.64. The summed E-state index contributed by atoms with van der Waals surface area (Å²) >= 11 is 0. The fourth-order valence-electron chi connectivity index (χ4n) is 3.51. The van der Waals surface area contributed by atoms with Crippen LogP contribution in [0.25, 0.3) is 38.0 Å². The largest absolute Gasteiger partial charge is 0.467 e. The molecule has 2 heterocycles. The van der Waals surface area contributed by atoms with Crippen LogP contribution in [0.5, 0.6) is 0 Å². The van der Waals surface area contributed by atoms with E-state index in [1.165, 1.54) is 11.1 Å². The van der Waals surface area contributed by atoms with E-state index >= 15 is 0 Å². The summed E-state index contributed by atoms with van der Waals surface area (Å²) in [6.45, 7) is 11.6. The Kier molecular flexibility index (Phi) is 3.14. The van der Waals surface area contributed by atoms with Gasteiger partial charge in [-0.1, -0.05) is 18.2 Å². The predicted molar refractivity (Wildman–Crippen MR) is 96.1 cm³/mol. The van der Waals surface area contributed by atoms with Crippen LogP contribution in [0.1, 0.15) is 11.1 Å². The molecule has 116 valence electrons. The fourth-order valence-corrected chi connectivity index (χ4v) is 3.51. The minimum absolute atomic E-state index is 0.563. The van der Waals surface area contributed by atoms with Crippen LogP contribution >= 0.6 is 0 Å². The van der Waals surface area contributed by atoms with Crippen LogP contribution in [-0.2, 0) is 7.05 Å². The molecule has 4 aromatic rings. The van der Waals surface area contributed by atoms with Gasteiger partial charge in [0.1, 0.15) is 18.2 Å². The normalized spacial score (nSPS) is 11.1. The van der Waals surface area contributed by atoms with E-state index in [4.69, 9.17) is 11.0 Å². The summed E-state index contributed by atoms with van der Waals surface area (Å²) in [5.74, 6) is 0. The van der Waals surface area contributed by atoms with Crippen molar-refractivity contribution >= 4 is 27.6 Å². The van der Waals surface area contributed by atoms with E-state index in [-0.39, 0.29) is 0 Å². The average molecular weight is 313 g/mol. The van der Waals surface area contributed by atoms with Crippen molar-refractivity contribution in [2.75, 3.05) is 0 Å². The minimum Gasteiger partial charge on any atom is -0.467 e. The van der Waals surface area contributed by atoms with Crippen molar-refractivity contribution in [2.45, 2.75) is 13.8 Å². The predicted octanol–water partition coefficient (Wildman–Crippen LogP) is 5.25. The van der Waals surface area contributed by atoms with Gasteiger partial charge in [-0.05, 0) is 31.5 Å². The van der Waals surface area contributed by atoms with E-state index in [1.54, 1.807) is 6.07 Å². The van der Waals surface area contributed by atoms with Gasteiger partial charge in [-0.15, -0.1) is 0 Å². The molecule has 0 bridgehead atoms. The zero-order valence-electron chi connectivity index (χ0n) is 13.9. The molecule has 3 heteroatoms. The van der Waals surface area contributed by atoms with Gasteiger partial charge in [-0.2, -0.15) is 0 Å². The number of nitrogens with zero attached hydrogens (tertiary/aromatic N) is 2. The number of hydrogen-bond donors (Lipinski definition) is 0. The first-order chi connectivity index (χ1) is 11.6. The minimum atomic E-state index is 0.563. The topological polar surface area (TPSA) is 21.4 Å². The van der Waals surface area contributed by atoms with Crippen molar-refractivity contribution in [3.63, 3.8) is 0 Å². The summed E-state index contributed by atoms with van der Waals surface area (Å²) in [5, 5.41) is 2.08. The second-order valence-electron chi connectivity index (χ2n) is 6.13. The zero-order chi connectivity index (χ0) is 16.8. The number of furan rings is 1. The van der Waals surface area contributed by atoms with Crippen molar-refractivity contribution in [3.05, 3.63) is 71.2 Å². The first kappa shape index (κ1) is 14.5. The molecule has 24 heavy (non-hydrogen) atoms. The molecule has 0 saturated carbocycles. The number of aryl methyl sites for hydroxylation is 3. The maximum atomic E-state index is 7.36. The SMILES string of the molecule is [C-]#[N+]c1cccc2c1oc1c(C)c(-c3cccc[n+]3C)c(C)cc12. The molecular formula is C21H17N2O+. The second kappa shape index (κ2) is 5.21. The van der Waals surface area contributed by atoms with Gasteiger partial charge in [0.15, 0.2) is 6.20 Å². The molecule has 0 atom stereocenters. The summed E-state index contributed by atoms with van der Waals surface area (Å²) < 4.78 is 8.26. The maximum absolute atomic E-state index is 7.36. The zero-order valence-corrected chi connectivity index (χ0v) is 13.9. The van der Waals surface area contributed by atoms with Gasteiger partial charge in [-0.25, -0.2) is 9.41 Å². The smallest absolute Gasteiger partial charge is 0.229 e. The van der Waals surface area contributed by atoms with Crippen molar-refractivity contribution in [1.82, 2.24) is 0 Å². The first-order valence-corrected chi connectivity index (χ1v) is 7.89. The molecular weight excluding hydrogens is 296 g/mol. The highest BCUT2D eigenvalue weighted by Crippen LogP contribution is 2.40. The number of para-hydroxylation sites is 1. The standard InChI is InChI=1S/C21H17N2O/c1-13-12-16-15-8-7-9-17(22-3)21(15)24-20(16)14(2)19(13)18-10-5-6-11-23(18)4/h5-12H,1-2,4H3/q+1.